The number of aryl methyl sites for hydroxylation is 1. The van der Waals surface area contributed by atoms with Crippen LogP contribution in [0.5, 0.6) is 0 Å². The zero-order valence-corrected chi connectivity index (χ0v) is 23.3. The first kappa shape index (κ1) is 28.0. The molecule has 2 saturated heterocycles. The minimum absolute atomic E-state index is 0.117. The number of hydrogen-bond donors (Lipinski definition) is 6. The SMILES string of the molecule is Cc1ccc(S(=O)(=O)Nc2ccccc2Nc2nc(N3C[C@H](N)C[C@H](N)C3)nc(N3C[C@H](N)C[C@H](N)C3)n2)cc1. The molecule has 1 aromatic heterocycles. The Balaban J connectivity index is 1.48. The summed E-state index contributed by atoms with van der Waals surface area (Å²) < 4.78 is 28.9. The average Bonchev–Trinajstić information content (AvgIpc) is 2.89. The Morgan fingerprint density at radius 2 is 1.20 bits per heavy atom. The third kappa shape index (κ3) is 6.59. The van der Waals surface area contributed by atoms with Crippen molar-refractivity contribution >= 4 is 39.2 Å². The smallest absolute Gasteiger partial charge is 0.261 e. The molecule has 4 atom stereocenters. The molecule has 0 bridgehead atoms. The summed E-state index contributed by atoms with van der Waals surface area (Å²) in [6.45, 7) is 4.08. The van der Waals surface area contributed by atoms with Gasteiger partial charge in [-0.05, 0) is 44.0 Å². The molecule has 0 saturated carbocycles. The van der Waals surface area contributed by atoms with E-state index < -0.39 is 10.0 Å². The lowest BCUT2D eigenvalue weighted by atomic mass is 10.0. The average molecular weight is 568 g/mol. The molecule has 2 fully saturated rings. The van der Waals surface area contributed by atoms with Crippen molar-refractivity contribution in [1.29, 1.82) is 0 Å². The molecule has 214 valence electrons. The topological polar surface area (TPSA) is 207 Å². The molecule has 0 amide bonds. The number of sulfonamides is 1. The van der Waals surface area contributed by atoms with Gasteiger partial charge >= 0.3 is 0 Å². The van der Waals surface area contributed by atoms with Crippen molar-refractivity contribution in [2.45, 2.75) is 48.8 Å². The van der Waals surface area contributed by atoms with Gasteiger partial charge in [0.25, 0.3) is 10.0 Å². The second kappa shape index (κ2) is 11.5. The minimum atomic E-state index is -3.84. The van der Waals surface area contributed by atoms with Crippen LogP contribution >= 0.6 is 0 Å². The lowest BCUT2D eigenvalue weighted by Gasteiger charge is -2.37. The molecule has 0 radical (unpaired) electrons. The molecule has 0 aliphatic carbocycles. The molecule has 3 heterocycles. The summed E-state index contributed by atoms with van der Waals surface area (Å²) in [7, 11) is -3.84. The molecule has 3 aromatic rings. The summed E-state index contributed by atoms with van der Waals surface area (Å²) in [6, 6.07) is 13.1. The molecule has 14 heteroatoms. The van der Waals surface area contributed by atoms with E-state index in [1.165, 1.54) is 0 Å². The fourth-order valence-electron chi connectivity index (χ4n) is 5.10. The first-order valence-electron chi connectivity index (χ1n) is 13.3. The lowest BCUT2D eigenvalue weighted by Crippen LogP contribution is -2.54. The molecule has 2 aliphatic rings. The van der Waals surface area contributed by atoms with Gasteiger partial charge in [-0.25, -0.2) is 8.42 Å². The third-order valence-corrected chi connectivity index (χ3v) is 8.34. The van der Waals surface area contributed by atoms with Crippen molar-refractivity contribution in [2.75, 3.05) is 46.0 Å². The molecular weight excluding hydrogens is 530 g/mol. The van der Waals surface area contributed by atoms with Gasteiger partial charge in [-0.3, -0.25) is 4.72 Å². The molecule has 13 nitrogen and oxygen atoms in total. The van der Waals surface area contributed by atoms with Gasteiger partial charge in [-0.1, -0.05) is 29.8 Å². The van der Waals surface area contributed by atoms with Crippen LogP contribution in [0.4, 0.5) is 29.2 Å². The zero-order chi connectivity index (χ0) is 28.4. The van der Waals surface area contributed by atoms with Crippen molar-refractivity contribution < 1.29 is 8.42 Å². The van der Waals surface area contributed by atoms with Crippen LogP contribution in [-0.4, -0.2) is 73.7 Å². The third-order valence-electron chi connectivity index (χ3n) is 6.96. The van der Waals surface area contributed by atoms with Crippen LogP contribution in [0.15, 0.2) is 53.4 Å². The van der Waals surface area contributed by atoms with E-state index in [1.54, 1.807) is 48.5 Å². The lowest BCUT2D eigenvalue weighted by molar-refractivity contribution is 0.441. The fraction of sp³-hybridized carbons (Fsp3) is 0.423. The highest BCUT2D eigenvalue weighted by molar-refractivity contribution is 7.92. The van der Waals surface area contributed by atoms with Crippen molar-refractivity contribution in [2.24, 2.45) is 22.9 Å². The van der Waals surface area contributed by atoms with Crippen LogP contribution in [-0.2, 0) is 10.0 Å². The molecule has 2 aliphatic heterocycles. The highest BCUT2D eigenvalue weighted by Gasteiger charge is 2.29. The molecule has 10 N–H and O–H groups in total. The van der Waals surface area contributed by atoms with Crippen LogP contribution in [0.25, 0.3) is 0 Å². The molecule has 0 spiro atoms. The van der Waals surface area contributed by atoms with Crippen LogP contribution in [0.2, 0.25) is 0 Å². The second-order valence-electron chi connectivity index (χ2n) is 10.7. The van der Waals surface area contributed by atoms with E-state index in [0.29, 0.717) is 62.3 Å². The quantitative estimate of drug-likeness (QED) is 0.230. The Kier molecular flexibility index (Phi) is 8.05. The first-order valence-corrected chi connectivity index (χ1v) is 14.8. The van der Waals surface area contributed by atoms with Crippen molar-refractivity contribution in [3.63, 3.8) is 0 Å². The van der Waals surface area contributed by atoms with E-state index in [2.05, 4.69) is 20.0 Å². The van der Waals surface area contributed by atoms with E-state index >= 15 is 0 Å². The predicted octanol–water partition coefficient (Wildman–Crippen LogP) is 0.454. The largest absolute Gasteiger partial charge is 0.338 e. The number of nitrogens with zero attached hydrogens (tertiary/aromatic N) is 5. The summed E-state index contributed by atoms with van der Waals surface area (Å²) >= 11 is 0. The maximum atomic E-state index is 13.1. The van der Waals surface area contributed by atoms with Gasteiger partial charge in [0.2, 0.25) is 17.8 Å². The Morgan fingerprint density at radius 1 is 0.725 bits per heavy atom. The highest BCUT2D eigenvalue weighted by atomic mass is 32.2. The van der Waals surface area contributed by atoms with Crippen LogP contribution in [0, 0.1) is 6.92 Å². The normalized spacial score (nSPS) is 23.6. The number of para-hydroxylation sites is 2. The van der Waals surface area contributed by atoms with Crippen LogP contribution in [0.3, 0.4) is 0 Å². The summed E-state index contributed by atoms with van der Waals surface area (Å²) in [5.41, 5.74) is 26.8. The number of nitrogens with one attached hydrogen (secondary N) is 2. The minimum Gasteiger partial charge on any atom is -0.338 e. The molecule has 2 aromatic carbocycles. The standard InChI is InChI=1S/C26H37N11O2S/c1-16-6-8-21(9-7-16)40(38,39)35-23-5-3-2-4-22(23)31-24-32-25(36-12-17(27)10-18(28)13-36)34-26(33-24)37-14-19(29)11-20(30)15-37/h2-9,17-20,35H,10-15,27-30H2,1H3,(H,31,32,33,34)/t17-,18+,19-,20+. The summed E-state index contributed by atoms with van der Waals surface area (Å²) in [6.07, 6.45) is 1.42. The van der Waals surface area contributed by atoms with E-state index in [9.17, 15) is 8.42 Å². The van der Waals surface area contributed by atoms with Crippen molar-refractivity contribution in [3.05, 3.63) is 54.1 Å². The zero-order valence-electron chi connectivity index (χ0n) is 22.4. The van der Waals surface area contributed by atoms with Gasteiger partial charge in [0.15, 0.2) is 0 Å². The molecular formula is C26H37N11O2S. The van der Waals surface area contributed by atoms with Gasteiger partial charge in [0, 0.05) is 50.3 Å². The Morgan fingerprint density at radius 3 is 1.70 bits per heavy atom. The van der Waals surface area contributed by atoms with Gasteiger partial charge in [0.1, 0.15) is 0 Å². The van der Waals surface area contributed by atoms with Gasteiger partial charge in [-0.2, -0.15) is 15.0 Å². The summed E-state index contributed by atoms with van der Waals surface area (Å²) in [4.78, 5) is 18.2. The number of anilines is 5. The molecule has 0 unspecified atom stereocenters. The number of benzene rings is 2. The van der Waals surface area contributed by atoms with Gasteiger partial charge in [0.05, 0.1) is 16.3 Å². The van der Waals surface area contributed by atoms with E-state index in [4.69, 9.17) is 27.9 Å². The molecule has 5 rings (SSSR count). The van der Waals surface area contributed by atoms with Crippen molar-refractivity contribution in [1.82, 2.24) is 15.0 Å². The number of rotatable bonds is 7. The highest BCUT2D eigenvalue weighted by Crippen LogP contribution is 2.29. The van der Waals surface area contributed by atoms with E-state index in [1.807, 2.05) is 16.7 Å². The summed E-state index contributed by atoms with van der Waals surface area (Å²) in [5, 5.41) is 3.19. The van der Waals surface area contributed by atoms with Gasteiger partial charge in [-0.15, -0.1) is 0 Å². The number of nitrogens with two attached hydrogens (primary N) is 4. The Bertz CT molecular complexity index is 1370. The number of piperidine rings is 2. The van der Waals surface area contributed by atoms with E-state index in [-0.39, 0.29) is 35.0 Å². The number of aromatic nitrogens is 3. The van der Waals surface area contributed by atoms with Crippen LogP contribution < -0.4 is 42.8 Å². The van der Waals surface area contributed by atoms with E-state index in [0.717, 1.165) is 5.56 Å². The first-order chi connectivity index (χ1) is 19.1. The van der Waals surface area contributed by atoms with Crippen LogP contribution in [0.1, 0.15) is 18.4 Å². The fourth-order valence-corrected chi connectivity index (χ4v) is 6.18. The van der Waals surface area contributed by atoms with Gasteiger partial charge < -0.3 is 38.1 Å². The second-order valence-corrected chi connectivity index (χ2v) is 12.4. The monoisotopic (exact) mass is 567 g/mol. The number of hydrogen-bond acceptors (Lipinski definition) is 12. The Labute approximate surface area is 234 Å². The maximum Gasteiger partial charge on any atom is 0.261 e. The Hall–Kier alpha value is -3.56. The maximum absolute atomic E-state index is 13.1. The van der Waals surface area contributed by atoms with Crippen molar-refractivity contribution in [3.8, 4) is 0 Å². The molecule has 40 heavy (non-hydrogen) atoms. The summed E-state index contributed by atoms with van der Waals surface area (Å²) in [5.74, 6) is 1.08. The predicted molar refractivity (Wildman–Crippen MR) is 157 cm³/mol.